The third kappa shape index (κ3) is 5.91. The van der Waals surface area contributed by atoms with E-state index < -0.39 is 23.1 Å². The minimum Gasteiger partial charge on any atom is -0.497 e. The molecule has 202 valence electrons. The quantitative estimate of drug-likeness (QED) is 0.182. The molecule has 8 heteroatoms. The summed E-state index contributed by atoms with van der Waals surface area (Å²) in [4.78, 5) is 52.4. The molecule has 0 heterocycles. The topological polar surface area (TPSA) is 105 Å². The van der Waals surface area contributed by atoms with Crippen LogP contribution in [0.4, 0.5) is 0 Å². The summed E-state index contributed by atoms with van der Waals surface area (Å²) in [5.41, 5.74) is 1.49. The number of Topliss-reactive ketones (excluding diaryl/α,β-unsaturated/α-hetero) is 4. The summed E-state index contributed by atoms with van der Waals surface area (Å²) in [5.74, 6) is -1.40. The minimum absolute atomic E-state index is 0.0883. The molecule has 0 unspecified atom stereocenters. The van der Waals surface area contributed by atoms with Crippen molar-refractivity contribution in [3.63, 3.8) is 0 Å². The summed E-state index contributed by atoms with van der Waals surface area (Å²) < 4.78 is 21.1. The van der Waals surface area contributed by atoms with E-state index in [0.29, 0.717) is 34.1 Å². The number of rotatable bonds is 11. The van der Waals surface area contributed by atoms with E-state index in [1.165, 1.54) is 77.0 Å². The second-order valence-electron chi connectivity index (χ2n) is 8.68. The summed E-state index contributed by atoms with van der Waals surface area (Å²) in [6.45, 7) is 0. The molecule has 0 saturated heterocycles. The van der Waals surface area contributed by atoms with Crippen LogP contribution in [0.3, 0.4) is 0 Å². The van der Waals surface area contributed by atoms with Gasteiger partial charge in [0.25, 0.3) is 0 Å². The molecule has 4 rings (SSSR count). The first-order chi connectivity index (χ1) is 19.3. The maximum Gasteiger partial charge on any atom is 0.233 e. The number of methoxy groups -OCH3 is 4. The van der Waals surface area contributed by atoms with E-state index in [9.17, 15) is 19.2 Å². The number of ether oxygens (including phenoxy) is 4. The molecule has 0 amide bonds. The van der Waals surface area contributed by atoms with Crippen molar-refractivity contribution in [3.8, 4) is 34.1 Å². The van der Waals surface area contributed by atoms with Gasteiger partial charge in [0.05, 0.1) is 28.4 Å². The predicted molar refractivity (Wildman–Crippen MR) is 148 cm³/mol. The Bertz CT molecular complexity index is 1500. The minimum atomic E-state index is -0.749. The van der Waals surface area contributed by atoms with Crippen molar-refractivity contribution in [2.24, 2.45) is 0 Å². The first-order valence-corrected chi connectivity index (χ1v) is 12.1. The molecule has 40 heavy (non-hydrogen) atoms. The molecule has 0 aliphatic heterocycles. The largest absolute Gasteiger partial charge is 0.497 e. The van der Waals surface area contributed by atoms with Crippen LogP contribution >= 0.6 is 0 Å². The van der Waals surface area contributed by atoms with Crippen molar-refractivity contribution in [2.75, 3.05) is 28.4 Å². The van der Waals surface area contributed by atoms with E-state index >= 15 is 0 Å². The van der Waals surface area contributed by atoms with Gasteiger partial charge < -0.3 is 18.9 Å². The Morgan fingerprint density at radius 2 is 0.725 bits per heavy atom. The van der Waals surface area contributed by atoms with Crippen LogP contribution in [0, 0.1) is 0 Å². The highest BCUT2D eigenvalue weighted by Crippen LogP contribution is 2.31. The van der Waals surface area contributed by atoms with Crippen molar-refractivity contribution in [3.05, 3.63) is 107 Å². The molecule has 0 saturated carbocycles. The number of ketones is 4. The Balaban J connectivity index is 1.73. The zero-order chi connectivity index (χ0) is 28.8. The molecule has 4 aromatic rings. The Kier molecular flexibility index (Phi) is 8.39. The van der Waals surface area contributed by atoms with E-state index in [-0.39, 0.29) is 22.3 Å². The van der Waals surface area contributed by atoms with Crippen LogP contribution in [0.25, 0.3) is 11.1 Å². The third-order valence-electron chi connectivity index (χ3n) is 6.22. The smallest absolute Gasteiger partial charge is 0.233 e. The number of hydrogen-bond acceptors (Lipinski definition) is 8. The lowest BCUT2D eigenvalue weighted by Gasteiger charge is -2.12. The molecule has 0 aliphatic carbocycles. The molecular formula is C32H26O8. The van der Waals surface area contributed by atoms with Crippen molar-refractivity contribution in [2.45, 2.75) is 0 Å². The lowest BCUT2D eigenvalue weighted by molar-refractivity contribution is 0.0816. The molecule has 0 radical (unpaired) electrons. The summed E-state index contributed by atoms with van der Waals surface area (Å²) >= 11 is 0. The van der Waals surface area contributed by atoms with Crippen LogP contribution in [0.2, 0.25) is 0 Å². The molecule has 4 aromatic carbocycles. The Labute approximate surface area is 231 Å². The molecule has 0 spiro atoms. The van der Waals surface area contributed by atoms with Gasteiger partial charge in [-0.3, -0.25) is 19.2 Å². The summed E-state index contributed by atoms with van der Waals surface area (Å²) in [5, 5.41) is 0. The number of carbonyl (C=O) groups excluding carboxylic acids is 4. The van der Waals surface area contributed by atoms with Crippen LogP contribution < -0.4 is 18.9 Å². The second-order valence-corrected chi connectivity index (χ2v) is 8.68. The highest BCUT2D eigenvalue weighted by molar-refractivity contribution is 6.50. The molecule has 0 aliphatic rings. The summed E-state index contributed by atoms with van der Waals surface area (Å²) in [7, 11) is 5.81. The van der Waals surface area contributed by atoms with Gasteiger partial charge >= 0.3 is 0 Å². The van der Waals surface area contributed by atoms with Crippen molar-refractivity contribution < 1.29 is 38.1 Å². The van der Waals surface area contributed by atoms with Gasteiger partial charge in [-0.05, 0) is 71.8 Å². The molecule has 0 bridgehead atoms. The van der Waals surface area contributed by atoms with Gasteiger partial charge in [0.2, 0.25) is 23.1 Å². The van der Waals surface area contributed by atoms with Crippen LogP contribution in [0.1, 0.15) is 41.4 Å². The average Bonchev–Trinajstić information content (AvgIpc) is 3.02. The molecule has 0 atom stereocenters. The third-order valence-corrected chi connectivity index (χ3v) is 6.22. The fraction of sp³-hybridized carbons (Fsp3) is 0.125. The lowest BCUT2D eigenvalue weighted by atomic mass is 9.94. The molecule has 0 fully saturated rings. The van der Waals surface area contributed by atoms with Crippen LogP contribution in [-0.2, 0) is 0 Å². The number of carbonyl (C=O) groups is 4. The van der Waals surface area contributed by atoms with E-state index in [4.69, 9.17) is 18.9 Å². The fourth-order valence-electron chi connectivity index (χ4n) is 4.08. The van der Waals surface area contributed by atoms with Gasteiger partial charge in [-0.25, -0.2) is 0 Å². The standard InChI is InChI=1S/C32H26O8/c1-37-25-9-5-7-19(13-25)29(33)31(35)23-11-21(15-27(17-23)39-3)22-12-24(18-28(16-22)40-4)32(36)30(34)20-8-6-10-26(14-20)38-2/h5-18H,1-4H3. The van der Waals surface area contributed by atoms with E-state index in [0.717, 1.165) is 0 Å². The normalized spacial score (nSPS) is 10.4. The van der Waals surface area contributed by atoms with Crippen LogP contribution in [0.15, 0.2) is 84.9 Å². The highest BCUT2D eigenvalue weighted by Gasteiger charge is 2.23. The zero-order valence-corrected chi connectivity index (χ0v) is 22.3. The van der Waals surface area contributed by atoms with Crippen LogP contribution in [0.5, 0.6) is 23.0 Å². The molecule has 0 aromatic heterocycles. The zero-order valence-electron chi connectivity index (χ0n) is 22.3. The van der Waals surface area contributed by atoms with Gasteiger partial charge in [-0.2, -0.15) is 0 Å². The number of hydrogen-bond donors (Lipinski definition) is 0. The van der Waals surface area contributed by atoms with E-state index in [1.54, 1.807) is 36.4 Å². The number of benzene rings is 4. The Morgan fingerprint density at radius 1 is 0.400 bits per heavy atom. The summed E-state index contributed by atoms with van der Waals surface area (Å²) in [6.07, 6.45) is 0. The highest BCUT2D eigenvalue weighted by atomic mass is 16.5. The first-order valence-electron chi connectivity index (χ1n) is 12.1. The monoisotopic (exact) mass is 538 g/mol. The van der Waals surface area contributed by atoms with Crippen LogP contribution in [-0.4, -0.2) is 51.6 Å². The van der Waals surface area contributed by atoms with E-state index in [2.05, 4.69) is 0 Å². The average molecular weight is 539 g/mol. The summed E-state index contributed by atoms with van der Waals surface area (Å²) in [6, 6.07) is 21.9. The fourth-order valence-corrected chi connectivity index (χ4v) is 4.08. The molecule has 8 nitrogen and oxygen atoms in total. The van der Waals surface area contributed by atoms with Gasteiger partial charge in [0, 0.05) is 22.3 Å². The van der Waals surface area contributed by atoms with Gasteiger partial charge in [0.1, 0.15) is 23.0 Å². The SMILES string of the molecule is COc1cccc(C(=O)C(=O)c2cc(OC)cc(-c3cc(OC)cc(C(=O)C(=O)c4cccc(OC)c4)c3)c2)c1. The Morgan fingerprint density at radius 3 is 1.07 bits per heavy atom. The van der Waals surface area contributed by atoms with Crippen molar-refractivity contribution in [1.82, 2.24) is 0 Å². The van der Waals surface area contributed by atoms with Gasteiger partial charge in [0.15, 0.2) is 0 Å². The van der Waals surface area contributed by atoms with E-state index in [1.807, 2.05) is 0 Å². The van der Waals surface area contributed by atoms with Gasteiger partial charge in [-0.1, -0.05) is 24.3 Å². The Hall–Kier alpha value is -5.24. The lowest BCUT2D eigenvalue weighted by Crippen LogP contribution is -2.15. The predicted octanol–water partition coefficient (Wildman–Crippen LogP) is 5.52. The maximum atomic E-state index is 13.2. The molecular weight excluding hydrogens is 512 g/mol. The first kappa shape index (κ1) is 27.8. The maximum absolute atomic E-state index is 13.2. The molecule has 0 N–H and O–H groups in total. The van der Waals surface area contributed by atoms with Crippen molar-refractivity contribution >= 4 is 23.1 Å². The van der Waals surface area contributed by atoms with Crippen molar-refractivity contribution in [1.29, 1.82) is 0 Å². The van der Waals surface area contributed by atoms with Gasteiger partial charge in [-0.15, -0.1) is 0 Å². The second kappa shape index (κ2) is 12.1.